The van der Waals surface area contributed by atoms with Gasteiger partial charge in [-0.05, 0) is 24.0 Å². The summed E-state index contributed by atoms with van der Waals surface area (Å²) in [5.74, 6) is 2.36. The lowest BCUT2D eigenvalue weighted by Crippen LogP contribution is -2.23. The molecule has 0 aromatic heterocycles. The van der Waals surface area contributed by atoms with E-state index in [1.165, 1.54) is 48.5 Å². The van der Waals surface area contributed by atoms with Crippen molar-refractivity contribution in [1.29, 1.82) is 0 Å². The van der Waals surface area contributed by atoms with E-state index in [9.17, 15) is 0 Å². The molecule has 0 amide bonds. The number of benzene rings is 2. The Bertz CT molecular complexity index is 728. The molecule has 0 radical (unpaired) electrons. The first-order valence-corrected chi connectivity index (χ1v) is 10.6. The molecule has 2 unspecified atom stereocenters. The molecule has 146 valence electrons. The molecule has 4 nitrogen and oxygen atoms in total. The summed E-state index contributed by atoms with van der Waals surface area (Å²) in [6.45, 7) is 1.74. The molecule has 0 saturated heterocycles. The SMILES string of the molecule is c1ccc(C2CN=C(CCCCCCC3=NCC(c4ccccc4)N3)N2)cc1. The summed E-state index contributed by atoms with van der Waals surface area (Å²) < 4.78 is 0. The van der Waals surface area contributed by atoms with Crippen LogP contribution in [0, 0.1) is 0 Å². The van der Waals surface area contributed by atoms with Crippen molar-refractivity contribution in [3.8, 4) is 0 Å². The molecular weight excluding hydrogens is 344 g/mol. The van der Waals surface area contributed by atoms with Gasteiger partial charge < -0.3 is 10.6 Å². The number of unbranched alkanes of at least 4 members (excludes halogenated alkanes) is 3. The van der Waals surface area contributed by atoms with Gasteiger partial charge >= 0.3 is 0 Å². The number of nitrogens with one attached hydrogen (secondary N) is 2. The van der Waals surface area contributed by atoms with E-state index in [1.54, 1.807) is 0 Å². The van der Waals surface area contributed by atoms with Gasteiger partial charge in [-0.25, -0.2) is 0 Å². The maximum Gasteiger partial charge on any atom is 0.0969 e. The molecule has 2 aliphatic heterocycles. The molecule has 2 aliphatic rings. The number of aliphatic imine (C=N–C) groups is 2. The molecule has 4 rings (SSSR count). The summed E-state index contributed by atoms with van der Waals surface area (Å²) >= 11 is 0. The van der Waals surface area contributed by atoms with Crippen LogP contribution in [-0.2, 0) is 0 Å². The highest BCUT2D eigenvalue weighted by molar-refractivity contribution is 5.84. The van der Waals surface area contributed by atoms with Crippen molar-refractivity contribution in [2.45, 2.75) is 50.6 Å². The number of hydrogen-bond donors (Lipinski definition) is 2. The van der Waals surface area contributed by atoms with Crippen molar-refractivity contribution in [2.75, 3.05) is 13.1 Å². The van der Waals surface area contributed by atoms with Crippen molar-refractivity contribution in [3.05, 3.63) is 71.8 Å². The number of amidine groups is 2. The Balaban J connectivity index is 1.07. The molecule has 2 N–H and O–H groups in total. The minimum atomic E-state index is 0.361. The van der Waals surface area contributed by atoms with Gasteiger partial charge in [0.05, 0.1) is 36.8 Å². The molecule has 2 heterocycles. The second-order valence-corrected chi connectivity index (χ2v) is 7.70. The van der Waals surface area contributed by atoms with Crippen LogP contribution in [0.5, 0.6) is 0 Å². The Morgan fingerprint density at radius 2 is 1.04 bits per heavy atom. The molecule has 0 spiro atoms. The predicted octanol–water partition coefficient (Wildman–Crippen LogP) is 4.81. The Morgan fingerprint density at radius 3 is 1.46 bits per heavy atom. The highest BCUT2D eigenvalue weighted by Crippen LogP contribution is 2.20. The monoisotopic (exact) mass is 374 g/mol. The van der Waals surface area contributed by atoms with Crippen LogP contribution in [-0.4, -0.2) is 24.8 Å². The Morgan fingerprint density at radius 1 is 0.607 bits per heavy atom. The van der Waals surface area contributed by atoms with Gasteiger partial charge in [0.2, 0.25) is 0 Å². The zero-order valence-electron chi connectivity index (χ0n) is 16.5. The lowest BCUT2D eigenvalue weighted by atomic mass is 10.1. The Kier molecular flexibility index (Phi) is 6.38. The second-order valence-electron chi connectivity index (χ2n) is 7.70. The van der Waals surface area contributed by atoms with Crippen LogP contribution in [0.2, 0.25) is 0 Å². The first-order chi connectivity index (χ1) is 13.9. The van der Waals surface area contributed by atoms with Crippen LogP contribution in [0.3, 0.4) is 0 Å². The maximum atomic E-state index is 4.69. The Hall–Kier alpha value is -2.62. The molecule has 28 heavy (non-hydrogen) atoms. The summed E-state index contributed by atoms with van der Waals surface area (Å²) in [4.78, 5) is 9.38. The fourth-order valence-electron chi connectivity index (χ4n) is 3.98. The first-order valence-electron chi connectivity index (χ1n) is 10.6. The molecule has 0 saturated carbocycles. The fraction of sp³-hybridized carbons (Fsp3) is 0.417. The standard InChI is InChI=1S/C24H30N4/c1(9-15-23-25-17-21(27-23)19-11-5-3-6-12-19)2-10-16-24-26-18-22(28-24)20-13-7-4-8-14-20/h3-8,11-14,21-22H,1-2,9-10,15-18H2,(H,25,27)(H,26,28). The molecule has 2 aromatic rings. The molecule has 2 atom stereocenters. The quantitative estimate of drug-likeness (QED) is 0.619. The molecule has 4 heteroatoms. The summed E-state index contributed by atoms with van der Waals surface area (Å²) in [5, 5.41) is 7.17. The van der Waals surface area contributed by atoms with Crippen molar-refractivity contribution >= 4 is 11.7 Å². The largest absolute Gasteiger partial charge is 0.365 e. The highest BCUT2D eigenvalue weighted by atomic mass is 15.1. The average molecular weight is 375 g/mol. The first kappa shape index (κ1) is 18.7. The molecule has 2 aromatic carbocycles. The van der Waals surface area contributed by atoms with Gasteiger partial charge in [-0.2, -0.15) is 0 Å². The third-order valence-electron chi connectivity index (χ3n) is 5.59. The van der Waals surface area contributed by atoms with Crippen LogP contribution in [0.4, 0.5) is 0 Å². The third kappa shape index (κ3) is 5.00. The summed E-state index contributed by atoms with van der Waals surface area (Å²) in [5.41, 5.74) is 2.67. The van der Waals surface area contributed by atoms with E-state index in [0.29, 0.717) is 12.1 Å². The normalized spacial score (nSPS) is 21.0. The van der Waals surface area contributed by atoms with Crippen LogP contribution in [0.15, 0.2) is 70.6 Å². The minimum Gasteiger partial charge on any atom is -0.365 e. The van der Waals surface area contributed by atoms with Gasteiger partial charge in [0.25, 0.3) is 0 Å². The van der Waals surface area contributed by atoms with E-state index < -0.39 is 0 Å². The molecular formula is C24H30N4. The van der Waals surface area contributed by atoms with Crippen molar-refractivity contribution in [3.63, 3.8) is 0 Å². The van der Waals surface area contributed by atoms with Gasteiger partial charge in [0.15, 0.2) is 0 Å². The topological polar surface area (TPSA) is 48.8 Å². The summed E-state index contributed by atoms with van der Waals surface area (Å²) in [6, 6.07) is 22.0. The van der Waals surface area contributed by atoms with E-state index in [2.05, 4.69) is 81.3 Å². The van der Waals surface area contributed by atoms with Crippen LogP contribution in [0.1, 0.15) is 61.7 Å². The van der Waals surface area contributed by atoms with Gasteiger partial charge in [0.1, 0.15) is 0 Å². The van der Waals surface area contributed by atoms with Crippen molar-refractivity contribution < 1.29 is 0 Å². The second kappa shape index (κ2) is 9.54. The van der Waals surface area contributed by atoms with E-state index in [-0.39, 0.29) is 0 Å². The van der Waals surface area contributed by atoms with Crippen LogP contribution < -0.4 is 10.6 Å². The number of hydrogen-bond acceptors (Lipinski definition) is 4. The van der Waals surface area contributed by atoms with E-state index in [4.69, 9.17) is 0 Å². The zero-order valence-corrected chi connectivity index (χ0v) is 16.5. The van der Waals surface area contributed by atoms with Crippen LogP contribution in [0.25, 0.3) is 0 Å². The van der Waals surface area contributed by atoms with Gasteiger partial charge in [-0.15, -0.1) is 0 Å². The minimum absolute atomic E-state index is 0.361. The lowest BCUT2D eigenvalue weighted by Gasteiger charge is -2.12. The summed E-state index contributed by atoms with van der Waals surface area (Å²) in [6.07, 6.45) is 7.06. The highest BCUT2D eigenvalue weighted by Gasteiger charge is 2.19. The smallest absolute Gasteiger partial charge is 0.0969 e. The van der Waals surface area contributed by atoms with Gasteiger partial charge in [0, 0.05) is 12.8 Å². The third-order valence-corrected chi connectivity index (χ3v) is 5.59. The Labute approximate surface area is 168 Å². The van der Waals surface area contributed by atoms with E-state index in [1.807, 2.05) is 0 Å². The van der Waals surface area contributed by atoms with Crippen LogP contribution >= 0.6 is 0 Å². The van der Waals surface area contributed by atoms with Gasteiger partial charge in [-0.3, -0.25) is 9.98 Å². The van der Waals surface area contributed by atoms with E-state index in [0.717, 1.165) is 25.9 Å². The summed E-state index contributed by atoms with van der Waals surface area (Å²) in [7, 11) is 0. The lowest BCUT2D eigenvalue weighted by molar-refractivity contribution is 0.649. The maximum absolute atomic E-state index is 4.69. The van der Waals surface area contributed by atoms with Gasteiger partial charge in [-0.1, -0.05) is 73.5 Å². The van der Waals surface area contributed by atoms with Crippen molar-refractivity contribution in [2.24, 2.45) is 9.98 Å². The predicted molar refractivity (Wildman–Crippen MR) is 117 cm³/mol. The number of rotatable bonds is 9. The average Bonchev–Trinajstić information content (AvgIpc) is 3.42. The molecule has 0 bridgehead atoms. The molecule has 0 aliphatic carbocycles. The van der Waals surface area contributed by atoms with Crippen molar-refractivity contribution in [1.82, 2.24) is 10.6 Å². The molecule has 0 fully saturated rings. The zero-order chi connectivity index (χ0) is 19.0. The number of nitrogens with zero attached hydrogens (tertiary/aromatic N) is 2. The van der Waals surface area contributed by atoms with E-state index >= 15 is 0 Å². The fourth-order valence-corrected chi connectivity index (χ4v) is 3.98.